The summed E-state index contributed by atoms with van der Waals surface area (Å²) in [5, 5.41) is 14.4. The molecule has 20 heavy (non-hydrogen) atoms. The molecule has 0 amide bonds. The van der Waals surface area contributed by atoms with Gasteiger partial charge in [0.15, 0.2) is 0 Å². The van der Waals surface area contributed by atoms with Crippen molar-refractivity contribution in [3.63, 3.8) is 0 Å². The number of nitrogens with one attached hydrogen (secondary N) is 1. The minimum atomic E-state index is -0.532. The molecule has 1 aromatic carbocycles. The van der Waals surface area contributed by atoms with E-state index in [0.29, 0.717) is 17.2 Å². The van der Waals surface area contributed by atoms with Crippen LogP contribution in [-0.2, 0) is 0 Å². The lowest BCUT2D eigenvalue weighted by Crippen LogP contribution is -2.34. The summed E-state index contributed by atoms with van der Waals surface area (Å²) < 4.78 is 13.5. The Morgan fingerprint density at radius 3 is 2.70 bits per heavy atom. The first-order chi connectivity index (χ1) is 9.49. The molecule has 0 bridgehead atoms. The van der Waals surface area contributed by atoms with E-state index >= 15 is 0 Å². The zero-order valence-electron chi connectivity index (χ0n) is 11.9. The summed E-state index contributed by atoms with van der Waals surface area (Å²) in [6, 6.07) is 2.58. The average Bonchev–Trinajstić information content (AvgIpc) is 2.42. The van der Waals surface area contributed by atoms with Gasteiger partial charge in [0, 0.05) is 13.6 Å². The van der Waals surface area contributed by atoms with Gasteiger partial charge in [-0.25, -0.2) is 4.39 Å². The van der Waals surface area contributed by atoms with Crippen molar-refractivity contribution in [1.29, 1.82) is 0 Å². The third-order valence-electron chi connectivity index (χ3n) is 3.85. The predicted octanol–water partition coefficient (Wildman–Crippen LogP) is 2.48. The van der Waals surface area contributed by atoms with E-state index < -0.39 is 10.7 Å². The van der Waals surface area contributed by atoms with Gasteiger partial charge >= 0.3 is 0 Å². The summed E-state index contributed by atoms with van der Waals surface area (Å²) in [5.74, 6) is -0.0121. The Hall–Kier alpha value is -1.69. The fourth-order valence-electron chi connectivity index (χ4n) is 2.66. The SMILES string of the molecule is Cc1cc(N(C)CC2CCNCC2)c([N+](=O)[O-])cc1F. The monoisotopic (exact) mass is 281 g/mol. The highest BCUT2D eigenvalue weighted by Gasteiger charge is 2.22. The van der Waals surface area contributed by atoms with Crippen molar-refractivity contribution in [2.24, 2.45) is 5.92 Å². The molecule has 110 valence electrons. The van der Waals surface area contributed by atoms with Gasteiger partial charge in [-0.1, -0.05) is 0 Å². The standard InChI is InChI=1S/C14H20FN3O2/c1-10-7-13(14(18(19)20)8-12(10)15)17(2)9-11-3-5-16-6-4-11/h7-8,11,16H,3-6,9H2,1-2H3. The van der Waals surface area contributed by atoms with Crippen molar-refractivity contribution < 1.29 is 9.31 Å². The molecule has 1 aliphatic heterocycles. The minimum Gasteiger partial charge on any atom is -0.369 e. The number of anilines is 1. The zero-order valence-corrected chi connectivity index (χ0v) is 11.9. The zero-order chi connectivity index (χ0) is 14.7. The lowest BCUT2D eigenvalue weighted by molar-refractivity contribution is -0.384. The van der Waals surface area contributed by atoms with E-state index in [4.69, 9.17) is 0 Å². The molecule has 1 aromatic rings. The van der Waals surface area contributed by atoms with Crippen LogP contribution in [-0.4, -0.2) is 31.6 Å². The molecule has 1 N–H and O–H groups in total. The summed E-state index contributed by atoms with van der Waals surface area (Å²) >= 11 is 0. The fourth-order valence-corrected chi connectivity index (χ4v) is 2.66. The first-order valence-electron chi connectivity index (χ1n) is 6.85. The first-order valence-corrected chi connectivity index (χ1v) is 6.85. The number of hydrogen-bond acceptors (Lipinski definition) is 4. The van der Waals surface area contributed by atoms with Crippen LogP contribution in [0.1, 0.15) is 18.4 Å². The summed E-state index contributed by atoms with van der Waals surface area (Å²) in [7, 11) is 1.84. The molecule has 1 heterocycles. The third-order valence-corrected chi connectivity index (χ3v) is 3.85. The molecule has 6 heteroatoms. The highest BCUT2D eigenvalue weighted by Crippen LogP contribution is 2.31. The van der Waals surface area contributed by atoms with Crippen molar-refractivity contribution in [3.05, 3.63) is 33.6 Å². The molecule has 0 aliphatic carbocycles. The fraction of sp³-hybridized carbons (Fsp3) is 0.571. The van der Waals surface area contributed by atoms with Crippen LogP contribution < -0.4 is 10.2 Å². The van der Waals surface area contributed by atoms with Gasteiger partial charge in [-0.05, 0) is 50.4 Å². The number of hydrogen-bond donors (Lipinski definition) is 1. The summed E-state index contributed by atoms with van der Waals surface area (Å²) in [6.07, 6.45) is 2.14. The molecule has 2 rings (SSSR count). The number of halogens is 1. The van der Waals surface area contributed by atoms with Gasteiger partial charge in [-0.15, -0.1) is 0 Å². The van der Waals surface area contributed by atoms with Crippen molar-refractivity contribution >= 4 is 11.4 Å². The number of benzene rings is 1. The summed E-state index contributed by atoms with van der Waals surface area (Å²) in [6.45, 7) is 4.36. The first kappa shape index (κ1) is 14.7. The Bertz CT molecular complexity index is 501. The van der Waals surface area contributed by atoms with Crippen LogP contribution in [0.3, 0.4) is 0 Å². The van der Waals surface area contributed by atoms with Gasteiger partial charge in [0.2, 0.25) is 0 Å². The molecule has 1 aliphatic rings. The van der Waals surface area contributed by atoms with E-state index in [1.807, 2.05) is 11.9 Å². The summed E-state index contributed by atoms with van der Waals surface area (Å²) in [5.41, 5.74) is 0.764. The average molecular weight is 281 g/mol. The number of nitro groups is 1. The third kappa shape index (κ3) is 3.25. The van der Waals surface area contributed by atoms with Crippen LogP contribution in [0.4, 0.5) is 15.8 Å². The van der Waals surface area contributed by atoms with Crippen LogP contribution in [0.25, 0.3) is 0 Å². The second-order valence-corrected chi connectivity index (χ2v) is 5.42. The van der Waals surface area contributed by atoms with E-state index in [1.54, 1.807) is 13.0 Å². The van der Waals surface area contributed by atoms with Crippen molar-refractivity contribution in [3.8, 4) is 0 Å². The smallest absolute Gasteiger partial charge is 0.295 e. The van der Waals surface area contributed by atoms with E-state index in [-0.39, 0.29) is 5.69 Å². The maximum atomic E-state index is 13.5. The molecule has 0 radical (unpaired) electrons. The molecular formula is C14H20FN3O2. The van der Waals surface area contributed by atoms with Crippen LogP contribution in [0.15, 0.2) is 12.1 Å². The second kappa shape index (κ2) is 6.17. The van der Waals surface area contributed by atoms with Gasteiger partial charge in [-0.3, -0.25) is 10.1 Å². The van der Waals surface area contributed by atoms with E-state index in [2.05, 4.69) is 5.32 Å². The Morgan fingerprint density at radius 2 is 2.10 bits per heavy atom. The Balaban J connectivity index is 2.21. The molecule has 0 unspecified atom stereocenters. The number of nitro benzene ring substituents is 1. The van der Waals surface area contributed by atoms with Crippen LogP contribution in [0.2, 0.25) is 0 Å². The Kier molecular flexibility index (Phi) is 4.54. The Morgan fingerprint density at radius 1 is 1.45 bits per heavy atom. The molecule has 0 aromatic heterocycles. The Labute approximate surface area is 117 Å². The number of nitrogens with zero attached hydrogens (tertiary/aromatic N) is 2. The minimum absolute atomic E-state index is 0.162. The number of rotatable bonds is 4. The predicted molar refractivity (Wildman–Crippen MR) is 76.7 cm³/mol. The molecular weight excluding hydrogens is 261 g/mol. The van der Waals surface area contributed by atoms with Crippen LogP contribution in [0, 0.1) is 28.8 Å². The molecule has 0 spiro atoms. The maximum Gasteiger partial charge on any atom is 0.295 e. The molecule has 5 nitrogen and oxygen atoms in total. The maximum absolute atomic E-state index is 13.5. The van der Waals surface area contributed by atoms with Gasteiger partial charge in [-0.2, -0.15) is 0 Å². The molecule has 0 saturated carbocycles. The summed E-state index contributed by atoms with van der Waals surface area (Å²) in [4.78, 5) is 12.4. The second-order valence-electron chi connectivity index (χ2n) is 5.42. The topological polar surface area (TPSA) is 58.4 Å². The van der Waals surface area contributed by atoms with Crippen molar-refractivity contribution in [2.75, 3.05) is 31.6 Å². The van der Waals surface area contributed by atoms with Crippen LogP contribution >= 0.6 is 0 Å². The molecule has 1 saturated heterocycles. The van der Waals surface area contributed by atoms with Crippen LogP contribution in [0.5, 0.6) is 0 Å². The molecule has 1 fully saturated rings. The van der Waals surface area contributed by atoms with E-state index in [1.165, 1.54) is 0 Å². The van der Waals surface area contributed by atoms with Gasteiger partial charge < -0.3 is 10.2 Å². The van der Waals surface area contributed by atoms with E-state index in [9.17, 15) is 14.5 Å². The van der Waals surface area contributed by atoms with E-state index in [0.717, 1.165) is 38.5 Å². The highest BCUT2D eigenvalue weighted by atomic mass is 19.1. The number of aryl methyl sites for hydroxylation is 1. The van der Waals surface area contributed by atoms with Gasteiger partial charge in [0.25, 0.3) is 5.69 Å². The quantitative estimate of drug-likeness (QED) is 0.680. The number of piperidine rings is 1. The molecule has 0 atom stereocenters. The van der Waals surface area contributed by atoms with Crippen molar-refractivity contribution in [1.82, 2.24) is 5.32 Å². The van der Waals surface area contributed by atoms with Gasteiger partial charge in [0.1, 0.15) is 11.5 Å². The van der Waals surface area contributed by atoms with Gasteiger partial charge in [0.05, 0.1) is 11.0 Å². The lowest BCUT2D eigenvalue weighted by Gasteiger charge is -2.28. The van der Waals surface area contributed by atoms with Crippen molar-refractivity contribution in [2.45, 2.75) is 19.8 Å². The lowest BCUT2D eigenvalue weighted by atomic mass is 9.97. The normalized spacial score (nSPS) is 16.1. The highest BCUT2D eigenvalue weighted by molar-refractivity contribution is 5.64. The largest absolute Gasteiger partial charge is 0.369 e.